The fourth-order valence-corrected chi connectivity index (χ4v) is 4.62. The van der Waals surface area contributed by atoms with Crippen LogP contribution in [0.25, 0.3) is 0 Å². The quantitative estimate of drug-likeness (QED) is 0.862. The van der Waals surface area contributed by atoms with Crippen LogP contribution in [-0.2, 0) is 18.9 Å². The number of allylic oxidation sites excluding steroid dienone is 1. The number of methoxy groups -OCH3 is 1. The van der Waals surface area contributed by atoms with Crippen molar-refractivity contribution in [3.8, 4) is 11.9 Å². The monoisotopic (exact) mass is 301 g/mol. The third-order valence-corrected chi connectivity index (χ3v) is 5.68. The molecule has 2 aliphatic carbocycles. The molecule has 0 bridgehead atoms. The van der Waals surface area contributed by atoms with E-state index in [0.717, 1.165) is 30.0 Å². The summed E-state index contributed by atoms with van der Waals surface area (Å²) in [5, 5.41) is 24.7. The van der Waals surface area contributed by atoms with E-state index in [4.69, 9.17) is 9.84 Å². The molecule has 0 saturated heterocycles. The van der Waals surface area contributed by atoms with Crippen LogP contribution in [0.5, 0.6) is 5.88 Å². The minimum absolute atomic E-state index is 0.235. The highest BCUT2D eigenvalue weighted by molar-refractivity contribution is 5.48. The summed E-state index contributed by atoms with van der Waals surface area (Å²) in [6, 6.07) is 2.18. The molecule has 0 spiro atoms. The Morgan fingerprint density at radius 2 is 2.14 bits per heavy atom. The number of aliphatic hydroxyl groups excluding tert-OH is 1. The molecule has 0 saturated carbocycles. The van der Waals surface area contributed by atoms with E-state index in [-0.39, 0.29) is 16.7 Å². The lowest BCUT2D eigenvalue weighted by atomic mass is 9.52. The van der Waals surface area contributed by atoms with Gasteiger partial charge in [-0.1, -0.05) is 26.8 Å². The number of hydrogen-bond donors (Lipinski definition) is 1. The van der Waals surface area contributed by atoms with Crippen LogP contribution in [0.2, 0.25) is 0 Å². The Balaban J connectivity index is 2.26. The second kappa shape index (κ2) is 4.60. The molecule has 1 heterocycles. The van der Waals surface area contributed by atoms with E-state index >= 15 is 0 Å². The second-order valence-corrected chi connectivity index (χ2v) is 7.27. The normalized spacial score (nSPS) is 32.5. The van der Waals surface area contributed by atoms with Crippen molar-refractivity contribution in [2.75, 3.05) is 7.11 Å². The van der Waals surface area contributed by atoms with E-state index in [1.165, 1.54) is 0 Å². The van der Waals surface area contributed by atoms with Gasteiger partial charge in [-0.25, -0.2) is 4.68 Å². The smallest absolute Gasteiger partial charge is 0.214 e. The van der Waals surface area contributed by atoms with Crippen LogP contribution in [0.3, 0.4) is 0 Å². The minimum Gasteiger partial charge on any atom is -0.481 e. The highest BCUT2D eigenvalue weighted by Crippen LogP contribution is 2.56. The van der Waals surface area contributed by atoms with Crippen molar-refractivity contribution in [3.05, 3.63) is 22.9 Å². The van der Waals surface area contributed by atoms with Gasteiger partial charge in [0.25, 0.3) is 0 Å². The molecule has 0 amide bonds. The van der Waals surface area contributed by atoms with Crippen LogP contribution in [-0.4, -0.2) is 28.1 Å². The van der Waals surface area contributed by atoms with Gasteiger partial charge in [0.1, 0.15) is 0 Å². The lowest BCUT2D eigenvalue weighted by Crippen LogP contribution is -2.52. The summed E-state index contributed by atoms with van der Waals surface area (Å²) in [6.07, 6.45) is 3.05. The van der Waals surface area contributed by atoms with Crippen LogP contribution >= 0.6 is 0 Å². The Morgan fingerprint density at radius 3 is 2.73 bits per heavy atom. The summed E-state index contributed by atoms with van der Waals surface area (Å²) in [7, 11) is 3.55. The number of aromatic nitrogens is 2. The molecule has 3 rings (SSSR count). The van der Waals surface area contributed by atoms with E-state index in [2.05, 4.69) is 26.8 Å². The van der Waals surface area contributed by atoms with Crippen LogP contribution in [0, 0.1) is 22.7 Å². The first-order valence-corrected chi connectivity index (χ1v) is 7.68. The summed E-state index contributed by atoms with van der Waals surface area (Å²) in [6.45, 7) is 6.24. The number of nitrogens with zero attached hydrogens (tertiary/aromatic N) is 3. The molecule has 0 fully saturated rings. The molecule has 5 nitrogen and oxygen atoms in total. The summed E-state index contributed by atoms with van der Waals surface area (Å²) in [5.41, 5.74) is 1.84. The van der Waals surface area contributed by atoms with E-state index in [1.54, 1.807) is 11.8 Å². The Labute approximate surface area is 131 Å². The Hall–Kier alpha value is -1.80. The predicted octanol–water partition coefficient (Wildman–Crippen LogP) is 2.10. The number of hydrogen-bond acceptors (Lipinski definition) is 4. The molecule has 1 unspecified atom stereocenters. The van der Waals surface area contributed by atoms with Crippen molar-refractivity contribution in [2.45, 2.75) is 45.1 Å². The topological polar surface area (TPSA) is 71.1 Å². The maximum Gasteiger partial charge on any atom is 0.214 e. The van der Waals surface area contributed by atoms with E-state index in [1.807, 2.05) is 13.1 Å². The summed E-state index contributed by atoms with van der Waals surface area (Å²) in [4.78, 5) is 0. The largest absolute Gasteiger partial charge is 0.481 e. The molecule has 0 aliphatic heterocycles. The molecule has 1 N–H and O–H groups in total. The van der Waals surface area contributed by atoms with Gasteiger partial charge in [-0.3, -0.25) is 0 Å². The standard InChI is InChI=1S/C17H23N3O2/c1-16(2)12-7-6-11-13(19-20(4)15(11)22-5)17(12,3)8-10(9-18)14(16)21/h8,12,14,21H,6-7H2,1-5H3/t12-,14?,17-/m0/s1. The summed E-state index contributed by atoms with van der Waals surface area (Å²) in [5.74, 6) is 1.03. The van der Waals surface area contributed by atoms with Crippen molar-refractivity contribution in [2.24, 2.45) is 18.4 Å². The molecule has 0 aromatic carbocycles. The van der Waals surface area contributed by atoms with Gasteiger partial charge in [-0.05, 0) is 24.2 Å². The fraction of sp³-hybridized carbons (Fsp3) is 0.647. The van der Waals surface area contributed by atoms with Crippen LogP contribution in [0.1, 0.15) is 38.4 Å². The van der Waals surface area contributed by atoms with Crippen LogP contribution in [0.15, 0.2) is 11.6 Å². The fourth-order valence-electron chi connectivity index (χ4n) is 4.62. The van der Waals surface area contributed by atoms with E-state index in [0.29, 0.717) is 5.57 Å². The van der Waals surface area contributed by atoms with E-state index < -0.39 is 6.10 Å². The predicted molar refractivity (Wildman–Crippen MR) is 82.4 cm³/mol. The van der Waals surface area contributed by atoms with Crippen molar-refractivity contribution in [3.63, 3.8) is 0 Å². The lowest BCUT2D eigenvalue weighted by molar-refractivity contribution is -0.0103. The van der Waals surface area contributed by atoms with Crippen molar-refractivity contribution < 1.29 is 9.84 Å². The maximum atomic E-state index is 10.6. The first-order chi connectivity index (χ1) is 10.3. The van der Waals surface area contributed by atoms with Crippen molar-refractivity contribution in [1.29, 1.82) is 5.26 Å². The third kappa shape index (κ3) is 1.70. The number of aryl methyl sites for hydroxylation is 1. The number of fused-ring (bicyclic) bond motifs is 3. The van der Waals surface area contributed by atoms with Crippen molar-refractivity contribution >= 4 is 0 Å². The van der Waals surface area contributed by atoms with E-state index in [9.17, 15) is 10.4 Å². The Morgan fingerprint density at radius 1 is 1.45 bits per heavy atom. The SMILES string of the molecule is COc1c2c(nn1C)[C@@]1(C)C=C(C#N)C(O)C(C)(C)[C@@H]1CC2. The molecular formula is C17H23N3O2. The molecule has 118 valence electrons. The van der Waals surface area contributed by atoms with Gasteiger partial charge in [0, 0.05) is 18.0 Å². The van der Waals surface area contributed by atoms with Gasteiger partial charge in [-0.15, -0.1) is 0 Å². The molecule has 22 heavy (non-hydrogen) atoms. The molecular weight excluding hydrogens is 278 g/mol. The highest BCUT2D eigenvalue weighted by atomic mass is 16.5. The minimum atomic E-state index is -0.720. The average molecular weight is 301 g/mol. The van der Waals surface area contributed by atoms with Gasteiger partial charge in [-0.2, -0.15) is 10.4 Å². The molecule has 3 atom stereocenters. The highest BCUT2D eigenvalue weighted by Gasteiger charge is 2.55. The summed E-state index contributed by atoms with van der Waals surface area (Å²) >= 11 is 0. The molecule has 5 heteroatoms. The summed E-state index contributed by atoms with van der Waals surface area (Å²) < 4.78 is 7.27. The number of aliphatic hydroxyl groups is 1. The molecule has 0 radical (unpaired) electrons. The second-order valence-electron chi connectivity index (χ2n) is 7.27. The Bertz CT molecular complexity index is 695. The van der Waals surface area contributed by atoms with Crippen molar-refractivity contribution in [1.82, 2.24) is 9.78 Å². The zero-order valence-electron chi connectivity index (χ0n) is 13.8. The van der Waals surface area contributed by atoms with Gasteiger partial charge >= 0.3 is 0 Å². The van der Waals surface area contributed by atoms with Gasteiger partial charge in [0.15, 0.2) is 0 Å². The van der Waals surface area contributed by atoms with Gasteiger partial charge < -0.3 is 9.84 Å². The van der Waals surface area contributed by atoms with Crippen LogP contribution in [0.4, 0.5) is 0 Å². The number of nitriles is 1. The molecule has 1 aromatic rings. The van der Waals surface area contributed by atoms with Gasteiger partial charge in [0.2, 0.25) is 5.88 Å². The molecule has 1 aromatic heterocycles. The number of rotatable bonds is 1. The lowest BCUT2D eigenvalue weighted by Gasteiger charge is -2.52. The molecule has 2 aliphatic rings. The number of ether oxygens (including phenoxy) is 1. The first kappa shape index (κ1) is 15.1. The first-order valence-electron chi connectivity index (χ1n) is 7.68. The Kier molecular flexibility index (Phi) is 3.16. The maximum absolute atomic E-state index is 10.6. The third-order valence-electron chi connectivity index (χ3n) is 5.68. The zero-order chi connectivity index (χ0) is 16.3. The zero-order valence-corrected chi connectivity index (χ0v) is 13.8. The van der Waals surface area contributed by atoms with Gasteiger partial charge in [0.05, 0.1) is 30.6 Å². The van der Waals surface area contributed by atoms with Crippen LogP contribution < -0.4 is 4.74 Å². The average Bonchev–Trinajstić information content (AvgIpc) is 2.80.